The van der Waals surface area contributed by atoms with Crippen molar-refractivity contribution in [3.05, 3.63) is 29.6 Å². The van der Waals surface area contributed by atoms with E-state index in [2.05, 4.69) is 15.3 Å². The Kier molecular flexibility index (Phi) is 5.47. The fourth-order valence-electron chi connectivity index (χ4n) is 3.35. The van der Waals surface area contributed by atoms with Crippen molar-refractivity contribution in [1.82, 2.24) is 29.4 Å². The lowest BCUT2D eigenvalue weighted by atomic mass is 9.95. The molecule has 0 atom stereocenters. The van der Waals surface area contributed by atoms with Crippen LogP contribution in [0, 0.1) is 6.92 Å². The molecule has 2 aromatic heterocycles. The summed E-state index contributed by atoms with van der Waals surface area (Å²) in [5, 5.41) is 12.6. The lowest BCUT2D eigenvalue weighted by Gasteiger charge is -2.31. The molecule has 0 aliphatic carbocycles. The maximum Gasteiger partial charge on any atom is 0.272 e. The van der Waals surface area contributed by atoms with E-state index in [4.69, 9.17) is 4.74 Å². The van der Waals surface area contributed by atoms with Gasteiger partial charge in [0.1, 0.15) is 17.8 Å². The highest BCUT2D eigenvalue weighted by molar-refractivity contribution is 5.92. The minimum absolute atomic E-state index is 0.0495. The summed E-state index contributed by atoms with van der Waals surface area (Å²) in [5.41, 5.74) is 1.50. The summed E-state index contributed by atoms with van der Waals surface area (Å²) >= 11 is 0. The van der Waals surface area contributed by atoms with Crippen LogP contribution in [0.3, 0.4) is 0 Å². The first-order valence-corrected chi connectivity index (χ1v) is 8.85. The second-order valence-electron chi connectivity index (χ2n) is 6.46. The lowest BCUT2D eigenvalue weighted by Crippen LogP contribution is -2.39. The molecule has 0 bridgehead atoms. The highest BCUT2D eigenvalue weighted by atomic mass is 16.5. The lowest BCUT2D eigenvalue weighted by molar-refractivity contribution is 0.0692. The van der Waals surface area contributed by atoms with E-state index in [-0.39, 0.29) is 5.91 Å². The molecule has 8 heteroatoms. The molecule has 3 heterocycles. The zero-order valence-corrected chi connectivity index (χ0v) is 15.2. The molecule has 1 amide bonds. The van der Waals surface area contributed by atoms with Crippen molar-refractivity contribution in [2.75, 3.05) is 26.3 Å². The highest BCUT2D eigenvalue weighted by Gasteiger charge is 2.28. The molecule has 1 aliphatic rings. The number of nitrogens with zero attached hydrogens (tertiary/aromatic N) is 6. The van der Waals surface area contributed by atoms with Gasteiger partial charge in [0, 0.05) is 32.7 Å². The molecule has 8 nitrogen and oxygen atoms in total. The molecule has 2 aromatic rings. The van der Waals surface area contributed by atoms with Gasteiger partial charge in [0.25, 0.3) is 5.91 Å². The summed E-state index contributed by atoms with van der Waals surface area (Å²) in [7, 11) is 1.96. The third-order valence-electron chi connectivity index (χ3n) is 4.67. The largest absolute Gasteiger partial charge is 0.380 e. The van der Waals surface area contributed by atoms with Gasteiger partial charge in [-0.3, -0.25) is 9.48 Å². The van der Waals surface area contributed by atoms with Crippen LogP contribution >= 0.6 is 0 Å². The summed E-state index contributed by atoms with van der Waals surface area (Å²) in [6.07, 6.45) is 3.54. The van der Waals surface area contributed by atoms with Crippen molar-refractivity contribution >= 4 is 5.91 Å². The first-order chi connectivity index (χ1) is 12.1. The second kappa shape index (κ2) is 7.77. The molecular weight excluding hydrogens is 320 g/mol. The molecule has 0 spiro atoms. The van der Waals surface area contributed by atoms with E-state index in [0.717, 1.165) is 37.4 Å². The van der Waals surface area contributed by atoms with Gasteiger partial charge in [-0.2, -0.15) is 5.10 Å². The van der Waals surface area contributed by atoms with Crippen molar-refractivity contribution in [2.45, 2.75) is 39.2 Å². The van der Waals surface area contributed by atoms with Crippen LogP contribution in [-0.2, 0) is 18.3 Å². The quantitative estimate of drug-likeness (QED) is 0.739. The number of ether oxygens (including phenoxy) is 1. The summed E-state index contributed by atoms with van der Waals surface area (Å²) < 4.78 is 9.13. The molecule has 0 unspecified atom stereocenters. The number of carbonyl (C=O) groups is 1. The molecule has 3 rings (SSSR count). The van der Waals surface area contributed by atoms with Gasteiger partial charge < -0.3 is 14.2 Å². The van der Waals surface area contributed by atoms with E-state index in [0.29, 0.717) is 31.4 Å². The predicted octanol–water partition coefficient (Wildman–Crippen LogP) is 1.38. The first kappa shape index (κ1) is 17.6. The highest BCUT2D eigenvalue weighted by Crippen LogP contribution is 2.27. The van der Waals surface area contributed by atoms with Gasteiger partial charge >= 0.3 is 0 Å². The van der Waals surface area contributed by atoms with Crippen LogP contribution in [-0.4, -0.2) is 61.7 Å². The van der Waals surface area contributed by atoms with E-state index in [1.807, 2.05) is 36.4 Å². The van der Waals surface area contributed by atoms with E-state index in [1.54, 1.807) is 11.0 Å². The van der Waals surface area contributed by atoms with E-state index < -0.39 is 0 Å². The molecule has 25 heavy (non-hydrogen) atoms. The fraction of sp³-hybridized carbons (Fsp3) is 0.647. The van der Waals surface area contributed by atoms with Gasteiger partial charge in [-0.25, -0.2) is 0 Å². The average Bonchev–Trinajstić information content (AvgIpc) is 3.20. The molecule has 1 aliphatic heterocycles. The van der Waals surface area contributed by atoms with Crippen molar-refractivity contribution < 1.29 is 9.53 Å². The first-order valence-electron chi connectivity index (χ1n) is 8.85. The van der Waals surface area contributed by atoms with Crippen LogP contribution in [0.5, 0.6) is 0 Å². The number of aryl methyl sites for hydroxylation is 2. The maximum atomic E-state index is 12.9. The van der Waals surface area contributed by atoms with Crippen molar-refractivity contribution in [3.8, 4) is 0 Å². The van der Waals surface area contributed by atoms with Gasteiger partial charge in [0.15, 0.2) is 0 Å². The molecule has 0 N–H and O–H groups in total. The zero-order chi connectivity index (χ0) is 17.8. The van der Waals surface area contributed by atoms with Gasteiger partial charge in [-0.05, 0) is 32.8 Å². The van der Waals surface area contributed by atoms with E-state index in [1.165, 1.54) is 0 Å². The van der Waals surface area contributed by atoms with Gasteiger partial charge in [-0.15, -0.1) is 10.2 Å². The summed E-state index contributed by atoms with van der Waals surface area (Å²) in [4.78, 5) is 14.8. The Hall–Kier alpha value is -2.22. The maximum absolute atomic E-state index is 12.9. The van der Waals surface area contributed by atoms with Crippen LogP contribution in [0.15, 0.2) is 12.4 Å². The van der Waals surface area contributed by atoms with Crippen LogP contribution in [0.1, 0.15) is 47.7 Å². The van der Waals surface area contributed by atoms with Gasteiger partial charge in [0.05, 0.1) is 18.8 Å². The normalized spacial score (nSPS) is 15.7. The third-order valence-corrected chi connectivity index (χ3v) is 4.67. The smallest absolute Gasteiger partial charge is 0.272 e. The Morgan fingerprint density at radius 3 is 2.76 bits per heavy atom. The molecule has 0 saturated carbocycles. The standard InChI is InChI=1S/C17H26N6O2/c1-4-25-10-9-23-15(11-13(2)20-23)17(24)22-7-5-14(6-8-22)16-19-18-12-21(16)3/h11-12,14H,4-10H2,1-3H3. The van der Waals surface area contributed by atoms with Gasteiger partial charge in [-0.1, -0.05) is 0 Å². The van der Waals surface area contributed by atoms with Crippen molar-refractivity contribution in [2.24, 2.45) is 7.05 Å². The van der Waals surface area contributed by atoms with Crippen LogP contribution in [0.4, 0.5) is 0 Å². The van der Waals surface area contributed by atoms with E-state index >= 15 is 0 Å². The number of piperidine rings is 1. The Morgan fingerprint density at radius 2 is 2.12 bits per heavy atom. The number of hydrogen-bond donors (Lipinski definition) is 0. The Morgan fingerprint density at radius 1 is 1.36 bits per heavy atom. The Labute approximate surface area is 147 Å². The summed E-state index contributed by atoms with van der Waals surface area (Å²) in [5.74, 6) is 1.42. The van der Waals surface area contributed by atoms with Crippen molar-refractivity contribution in [1.29, 1.82) is 0 Å². The second-order valence-corrected chi connectivity index (χ2v) is 6.46. The minimum atomic E-state index is 0.0495. The SMILES string of the molecule is CCOCCn1nc(C)cc1C(=O)N1CCC(c2nncn2C)CC1. The minimum Gasteiger partial charge on any atom is -0.380 e. The number of hydrogen-bond acceptors (Lipinski definition) is 5. The zero-order valence-electron chi connectivity index (χ0n) is 15.2. The van der Waals surface area contributed by atoms with Gasteiger partial charge in [0.2, 0.25) is 0 Å². The molecule has 0 radical (unpaired) electrons. The molecule has 1 saturated heterocycles. The van der Waals surface area contributed by atoms with Crippen molar-refractivity contribution in [3.63, 3.8) is 0 Å². The third kappa shape index (κ3) is 3.89. The Balaban J connectivity index is 1.64. The molecule has 136 valence electrons. The average molecular weight is 346 g/mol. The molecule has 1 fully saturated rings. The monoisotopic (exact) mass is 346 g/mol. The number of aromatic nitrogens is 5. The number of carbonyl (C=O) groups excluding carboxylic acids is 1. The number of likely N-dealkylation sites (tertiary alicyclic amines) is 1. The number of amides is 1. The molecule has 0 aromatic carbocycles. The topological polar surface area (TPSA) is 78.1 Å². The fourth-order valence-corrected chi connectivity index (χ4v) is 3.35. The summed E-state index contributed by atoms with van der Waals surface area (Å²) in [6, 6.07) is 1.86. The van der Waals surface area contributed by atoms with Crippen LogP contribution < -0.4 is 0 Å². The van der Waals surface area contributed by atoms with Crippen LogP contribution in [0.2, 0.25) is 0 Å². The summed E-state index contributed by atoms with van der Waals surface area (Å²) in [6.45, 7) is 7.15. The predicted molar refractivity (Wildman–Crippen MR) is 92.3 cm³/mol. The molecular formula is C17H26N6O2. The Bertz CT molecular complexity index is 715. The van der Waals surface area contributed by atoms with E-state index in [9.17, 15) is 4.79 Å². The van der Waals surface area contributed by atoms with Crippen LogP contribution in [0.25, 0.3) is 0 Å². The number of rotatable bonds is 6.